The molecule has 3 aromatic rings. The zero-order valence-electron chi connectivity index (χ0n) is 13.7. The van der Waals surface area contributed by atoms with Crippen molar-refractivity contribution in [2.75, 3.05) is 13.2 Å². The van der Waals surface area contributed by atoms with E-state index in [1.807, 2.05) is 30.5 Å². The molecule has 0 fully saturated rings. The highest BCUT2D eigenvalue weighted by atomic mass is 32.1. The number of ether oxygens (including phenoxy) is 1. The topological polar surface area (TPSA) is 62.4 Å². The van der Waals surface area contributed by atoms with E-state index in [-0.39, 0.29) is 24.9 Å². The number of fused-ring (bicyclic) bond motifs is 2. The van der Waals surface area contributed by atoms with Gasteiger partial charge in [-0.3, -0.25) is 9.59 Å². The number of carbonyl (C=O) groups is 2. The van der Waals surface area contributed by atoms with Gasteiger partial charge in [0, 0.05) is 35.1 Å². The van der Waals surface area contributed by atoms with Gasteiger partial charge in [-0.15, -0.1) is 11.3 Å². The number of nitrogens with zero attached hydrogens (tertiary/aromatic N) is 1. The van der Waals surface area contributed by atoms with E-state index in [4.69, 9.17) is 4.74 Å². The summed E-state index contributed by atoms with van der Waals surface area (Å²) < 4.78 is 5.21. The van der Waals surface area contributed by atoms with E-state index in [9.17, 15) is 9.59 Å². The van der Waals surface area contributed by atoms with E-state index in [0.717, 1.165) is 22.9 Å². The molecule has 1 aliphatic rings. The van der Waals surface area contributed by atoms with Gasteiger partial charge >= 0.3 is 5.97 Å². The number of hydrogen-bond acceptors (Lipinski definition) is 4. The maximum Gasteiger partial charge on any atom is 0.310 e. The third kappa shape index (κ3) is 3.30. The lowest BCUT2D eigenvalue weighted by atomic mass is 10.1. The summed E-state index contributed by atoms with van der Waals surface area (Å²) in [6, 6.07) is 9.86. The molecule has 0 spiro atoms. The number of hydrogen-bond donors (Lipinski definition) is 1. The van der Waals surface area contributed by atoms with Crippen LogP contribution in [-0.4, -0.2) is 34.9 Å². The second-order valence-electron chi connectivity index (χ2n) is 6.13. The largest absolute Gasteiger partial charge is 0.455 e. The lowest BCUT2D eigenvalue weighted by molar-refractivity contribution is -0.151. The maximum absolute atomic E-state index is 12.3. The van der Waals surface area contributed by atoms with Crippen molar-refractivity contribution in [2.24, 2.45) is 0 Å². The SMILES string of the molecule is O=C(Cc1c[nH]c2ccccc12)OCC(=O)N1CCc2sccc2C1. The van der Waals surface area contributed by atoms with Crippen LogP contribution in [-0.2, 0) is 33.7 Å². The Labute approximate surface area is 149 Å². The van der Waals surface area contributed by atoms with Gasteiger partial charge in [-0.2, -0.15) is 0 Å². The highest BCUT2D eigenvalue weighted by Crippen LogP contribution is 2.24. The fourth-order valence-electron chi connectivity index (χ4n) is 3.18. The number of aromatic nitrogens is 1. The molecule has 1 N–H and O–H groups in total. The first kappa shape index (κ1) is 15.9. The van der Waals surface area contributed by atoms with E-state index in [1.54, 1.807) is 16.2 Å². The van der Waals surface area contributed by atoms with E-state index >= 15 is 0 Å². The molecule has 0 unspecified atom stereocenters. The van der Waals surface area contributed by atoms with Crippen LogP contribution in [0.3, 0.4) is 0 Å². The Hall–Kier alpha value is -2.60. The molecule has 0 saturated carbocycles. The van der Waals surface area contributed by atoms with Crippen molar-refractivity contribution >= 4 is 34.1 Å². The Morgan fingerprint density at radius 2 is 2.12 bits per heavy atom. The normalized spacial score (nSPS) is 13.7. The zero-order chi connectivity index (χ0) is 17.2. The van der Waals surface area contributed by atoms with Gasteiger partial charge in [-0.25, -0.2) is 0 Å². The highest BCUT2D eigenvalue weighted by Gasteiger charge is 2.22. The van der Waals surface area contributed by atoms with Crippen molar-refractivity contribution in [3.8, 4) is 0 Å². The average molecular weight is 354 g/mol. The van der Waals surface area contributed by atoms with E-state index < -0.39 is 0 Å². The summed E-state index contributed by atoms with van der Waals surface area (Å²) in [5, 5.41) is 3.06. The number of rotatable bonds is 4. The third-order valence-electron chi connectivity index (χ3n) is 4.53. The predicted octanol–water partition coefficient (Wildman–Crippen LogP) is 2.90. The standard InChI is InChI=1S/C19H18N2O3S/c22-18(21-7-5-17-13(11-21)6-8-25-17)12-24-19(23)9-14-10-20-16-4-2-1-3-15(14)16/h1-4,6,8,10,20H,5,7,9,11-12H2. The van der Waals surface area contributed by atoms with Crippen molar-refractivity contribution in [1.82, 2.24) is 9.88 Å². The van der Waals surface area contributed by atoms with Crippen molar-refractivity contribution in [1.29, 1.82) is 0 Å². The Balaban J connectivity index is 1.32. The quantitative estimate of drug-likeness (QED) is 0.733. The minimum absolute atomic E-state index is 0.135. The maximum atomic E-state index is 12.3. The summed E-state index contributed by atoms with van der Waals surface area (Å²) >= 11 is 1.73. The molecule has 0 bridgehead atoms. The summed E-state index contributed by atoms with van der Waals surface area (Å²) in [4.78, 5) is 30.6. The number of para-hydroxylation sites is 1. The summed E-state index contributed by atoms with van der Waals surface area (Å²) in [7, 11) is 0. The van der Waals surface area contributed by atoms with Gasteiger partial charge in [0.15, 0.2) is 6.61 Å². The van der Waals surface area contributed by atoms with Crippen LogP contribution in [0.15, 0.2) is 41.9 Å². The fourth-order valence-corrected chi connectivity index (χ4v) is 4.07. The van der Waals surface area contributed by atoms with Crippen molar-refractivity contribution in [2.45, 2.75) is 19.4 Å². The molecule has 0 saturated heterocycles. The summed E-state index contributed by atoms with van der Waals surface area (Å²) in [5.41, 5.74) is 3.07. The minimum Gasteiger partial charge on any atom is -0.455 e. The second kappa shape index (κ2) is 6.72. The molecule has 2 aromatic heterocycles. The highest BCUT2D eigenvalue weighted by molar-refractivity contribution is 7.10. The van der Waals surface area contributed by atoms with Crippen LogP contribution in [0, 0.1) is 0 Å². The molecule has 4 rings (SSSR count). The lowest BCUT2D eigenvalue weighted by Gasteiger charge is -2.26. The van der Waals surface area contributed by atoms with Crippen LogP contribution in [0.4, 0.5) is 0 Å². The monoisotopic (exact) mass is 354 g/mol. The first-order valence-corrected chi connectivity index (χ1v) is 9.12. The molecular formula is C19H18N2O3S. The van der Waals surface area contributed by atoms with Crippen molar-refractivity contribution in [3.63, 3.8) is 0 Å². The van der Waals surface area contributed by atoms with Gasteiger partial charge in [-0.1, -0.05) is 18.2 Å². The fraction of sp³-hybridized carbons (Fsp3) is 0.263. The molecule has 0 aliphatic carbocycles. The number of H-pyrrole nitrogens is 1. The number of aromatic amines is 1. The van der Waals surface area contributed by atoms with Gasteiger partial charge in [-0.05, 0) is 35.1 Å². The number of esters is 1. The average Bonchev–Trinajstić information content (AvgIpc) is 3.26. The Kier molecular flexibility index (Phi) is 4.28. The van der Waals surface area contributed by atoms with E-state index in [0.29, 0.717) is 13.1 Å². The van der Waals surface area contributed by atoms with Crippen LogP contribution in [0.1, 0.15) is 16.0 Å². The molecule has 0 atom stereocenters. The molecule has 1 aromatic carbocycles. The number of benzene rings is 1. The molecule has 128 valence electrons. The zero-order valence-corrected chi connectivity index (χ0v) is 14.5. The Morgan fingerprint density at radius 3 is 3.04 bits per heavy atom. The van der Waals surface area contributed by atoms with Gasteiger partial charge in [0.05, 0.1) is 6.42 Å². The molecule has 6 heteroatoms. The number of carbonyl (C=O) groups excluding carboxylic acids is 2. The third-order valence-corrected chi connectivity index (χ3v) is 5.55. The van der Waals surface area contributed by atoms with Crippen LogP contribution in [0.2, 0.25) is 0 Å². The first-order chi connectivity index (χ1) is 12.2. The van der Waals surface area contributed by atoms with Gasteiger partial charge in [0.25, 0.3) is 5.91 Å². The molecule has 1 aliphatic heterocycles. The summed E-state index contributed by atoms with van der Waals surface area (Å²) in [6.07, 6.45) is 2.85. The lowest BCUT2D eigenvalue weighted by Crippen LogP contribution is -2.38. The number of thiophene rings is 1. The van der Waals surface area contributed by atoms with Gasteiger partial charge in [0.2, 0.25) is 0 Å². The molecule has 1 amide bonds. The molecule has 5 nitrogen and oxygen atoms in total. The summed E-state index contributed by atoms with van der Waals surface area (Å²) in [6.45, 7) is 1.10. The first-order valence-electron chi connectivity index (χ1n) is 8.24. The van der Waals surface area contributed by atoms with E-state index in [2.05, 4.69) is 16.4 Å². The molecule has 25 heavy (non-hydrogen) atoms. The summed E-state index contributed by atoms with van der Waals surface area (Å²) in [5.74, 6) is -0.518. The molecule has 0 radical (unpaired) electrons. The molecular weight excluding hydrogens is 336 g/mol. The Morgan fingerprint density at radius 1 is 1.24 bits per heavy atom. The van der Waals surface area contributed by atoms with Crippen LogP contribution in [0.5, 0.6) is 0 Å². The van der Waals surface area contributed by atoms with Crippen LogP contribution >= 0.6 is 11.3 Å². The number of nitrogens with one attached hydrogen (secondary N) is 1. The molecule has 3 heterocycles. The Bertz CT molecular complexity index is 928. The van der Waals surface area contributed by atoms with Gasteiger partial charge < -0.3 is 14.6 Å². The smallest absolute Gasteiger partial charge is 0.310 e. The van der Waals surface area contributed by atoms with E-state index in [1.165, 1.54) is 10.4 Å². The van der Waals surface area contributed by atoms with Crippen molar-refractivity contribution in [3.05, 3.63) is 57.9 Å². The predicted molar refractivity (Wildman–Crippen MR) is 96.4 cm³/mol. The minimum atomic E-state index is -0.383. The van der Waals surface area contributed by atoms with Crippen molar-refractivity contribution < 1.29 is 14.3 Å². The van der Waals surface area contributed by atoms with Gasteiger partial charge in [0.1, 0.15) is 0 Å². The van der Waals surface area contributed by atoms with Crippen LogP contribution < -0.4 is 0 Å². The second-order valence-corrected chi connectivity index (χ2v) is 7.13. The van der Waals surface area contributed by atoms with Crippen LogP contribution in [0.25, 0.3) is 10.9 Å². The number of amides is 1.